The molecule has 1 saturated carbocycles. The minimum Gasteiger partial charge on any atom is -0.477 e. The molecule has 100 valence electrons. The van der Waals surface area contributed by atoms with Crippen LogP contribution in [0.5, 0.6) is 0 Å². The van der Waals surface area contributed by atoms with Gasteiger partial charge in [0.05, 0.1) is 0 Å². The van der Waals surface area contributed by atoms with Crippen LogP contribution in [0.2, 0.25) is 0 Å². The molecule has 18 heavy (non-hydrogen) atoms. The predicted molar refractivity (Wildman–Crippen MR) is 68.5 cm³/mol. The molecule has 0 aliphatic heterocycles. The molecule has 1 aromatic heterocycles. The van der Waals surface area contributed by atoms with Crippen LogP contribution < -0.4 is 4.72 Å². The summed E-state index contributed by atoms with van der Waals surface area (Å²) in [6, 6.07) is 1.34. The third kappa shape index (κ3) is 2.57. The first-order chi connectivity index (χ1) is 8.34. The van der Waals surface area contributed by atoms with Crippen LogP contribution in [0.4, 0.5) is 0 Å². The molecule has 0 bridgehead atoms. The standard InChI is InChI=1S/C11H15NO4S2/c1-11(5-2-3-6-11)12-18(15,16)8-4-7-17-9(8)10(13)14/h4,7,12H,2-3,5-6H2,1H3,(H,13,14). The van der Waals surface area contributed by atoms with Gasteiger partial charge in [-0.2, -0.15) is 0 Å². The largest absolute Gasteiger partial charge is 0.477 e. The molecular weight excluding hydrogens is 274 g/mol. The van der Waals surface area contributed by atoms with E-state index < -0.39 is 21.5 Å². The molecule has 0 atom stereocenters. The van der Waals surface area contributed by atoms with Crippen LogP contribution in [0.25, 0.3) is 0 Å². The van der Waals surface area contributed by atoms with Crippen LogP contribution in [0.15, 0.2) is 16.3 Å². The van der Waals surface area contributed by atoms with Crippen molar-refractivity contribution in [1.82, 2.24) is 4.72 Å². The Hall–Kier alpha value is -0.920. The van der Waals surface area contributed by atoms with E-state index >= 15 is 0 Å². The topological polar surface area (TPSA) is 83.5 Å². The third-order valence-electron chi connectivity index (χ3n) is 3.20. The molecule has 0 spiro atoms. The van der Waals surface area contributed by atoms with Crippen LogP contribution in [-0.4, -0.2) is 25.0 Å². The zero-order valence-electron chi connectivity index (χ0n) is 9.97. The average molecular weight is 289 g/mol. The summed E-state index contributed by atoms with van der Waals surface area (Å²) in [4.78, 5) is 10.7. The summed E-state index contributed by atoms with van der Waals surface area (Å²) in [7, 11) is -3.75. The van der Waals surface area contributed by atoms with Gasteiger partial charge in [-0.25, -0.2) is 17.9 Å². The molecule has 2 N–H and O–H groups in total. The summed E-state index contributed by atoms with van der Waals surface area (Å²) >= 11 is 0.923. The van der Waals surface area contributed by atoms with E-state index in [1.54, 1.807) is 0 Å². The highest BCUT2D eigenvalue weighted by Gasteiger charge is 2.35. The molecule has 0 amide bonds. The Kier molecular flexibility index (Phi) is 3.48. The van der Waals surface area contributed by atoms with Crippen molar-refractivity contribution < 1.29 is 18.3 Å². The number of nitrogens with one attached hydrogen (secondary N) is 1. The number of carboxylic acid groups (broad SMARTS) is 1. The van der Waals surface area contributed by atoms with Crippen molar-refractivity contribution in [3.63, 3.8) is 0 Å². The lowest BCUT2D eigenvalue weighted by Crippen LogP contribution is -2.43. The van der Waals surface area contributed by atoms with Gasteiger partial charge in [-0.3, -0.25) is 0 Å². The van der Waals surface area contributed by atoms with Gasteiger partial charge in [0.25, 0.3) is 0 Å². The predicted octanol–water partition coefficient (Wildman–Crippen LogP) is 2.06. The number of hydrogen-bond acceptors (Lipinski definition) is 4. The monoisotopic (exact) mass is 289 g/mol. The molecule has 1 aromatic rings. The second-order valence-corrected chi connectivity index (χ2v) is 7.36. The Morgan fingerprint density at radius 3 is 2.61 bits per heavy atom. The Morgan fingerprint density at radius 2 is 2.06 bits per heavy atom. The SMILES string of the molecule is CC1(NS(=O)(=O)c2ccsc2C(=O)O)CCCC1. The molecule has 1 fully saturated rings. The fourth-order valence-electron chi connectivity index (χ4n) is 2.30. The molecular formula is C11H15NO4S2. The van der Waals surface area contributed by atoms with Gasteiger partial charge in [-0.05, 0) is 31.2 Å². The van der Waals surface area contributed by atoms with E-state index in [4.69, 9.17) is 5.11 Å². The van der Waals surface area contributed by atoms with Gasteiger partial charge in [-0.15, -0.1) is 11.3 Å². The number of thiophene rings is 1. The van der Waals surface area contributed by atoms with E-state index in [0.29, 0.717) is 0 Å². The molecule has 1 heterocycles. The second-order valence-electron chi connectivity index (χ2n) is 4.79. The maximum atomic E-state index is 12.2. The Balaban J connectivity index is 2.31. The van der Waals surface area contributed by atoms with Crippen LogP contribution >= 0.6 is 11.3 Å². The molecule has 2 rings (SSSR count). The van der Waals surface area contributed by atoms with Gasteiger partial charge >= 0.3 is 5.97 Å². The van der Waals surface area contributed by atoms with Crippen molar-refractivity contribution in [2.45, 2.75) is 43.0 Å². The van der Waals surface area contributed by atoms with Gasteiger partial charge < -0.3 is 5.11 Å². The van der Waals surface area contributed by atoms with Gasteiger partial charge in [0, 0.05) is 5.54 Å². The summed E-state index contributed by atoms with van der Waals surface area (Å²) in [5, 5.41) is 10.4. The number of carbonyl (C=O) groups is 1. The number of rotatable bonds is 4. The highest BCUT2D eigenvalue weighted by atomic mass is 32.2. The van der Waals surface area contributed by atoms with Crippen molar-refractivity contribution >= 4 is 27.3 Å². The Morgan fingerprint density at radius 1 is 1.44 bits per heavy atom. The third-order valence-corrected chi connectivity index (χ3v) is 5.91. The van der Waals surface area contributed by atoms with E-state index in [1.165, 1.54) is 11.4 Å². The lowest BCUT2D eigenvalue weighted by Gasteiger charge is -2.24. The van der Waals surface area contributed by atoms with Gasteiger partial charge in [-0.1, -0.05) is 12.8 Å². The lowest BCUT2D eigenvalue weighted by atomic mass is 10.0. The van der Waals surface area contributed by atoms with E-state index in [0.717, 1.165) is 37.0 Å². The van der Waals surface area contributed by atoms with Crippen LogP contribution in [0.1, 0.15) is 42.3 Å². The molecule has 0 unspecified atom stereocenters. The summed E-state index contributed by atoms with van der Waals surface area (Å²) in [6.07, 6.45) is 3.57. The highest BCUT2D eigenvalue weighted by Crippen LogP contribution is 2.31. The van der Waals surface area contributed by atoms with E-state index in [9.17, 15) is 13.2 Å². The average Bonchev–Trinajstić information content (AvgIpc) is 2.85. The fourth-order valence-corrected chi connectivity index (χ4v) is 5.03. The molecule has 1 aliphatic carbocycles. The summed E-state index contributed by atoms with van der Waals surface area (Å²) in [6.45, 7) is 1.87. The molecule has 7 heteroatoms. The Bertz CT molecular complexity index is 555. The number of sulfonamides is 1. The number of hydrogen-bond donors (Lipinski definition) is 2. The normalized spacial score (nSPS) is 18.9. The minimum absolute atomic E-state index is 0.131. The van der Waals surface area contributed by atoms with Gasteiger partial charge in [0.15, 0.2) is 0 Å². The quantitative estimate of drug-likeness (QED) is 0.888. The molecule has 1 aliphatic rings. The molecule has 0 saturated heterocycles. The van der Waals surface area contributed by atoms with Crippen molar-refractivity contribution in [2.75, 3.05) is 0 Å². The number of carboxylic acids is 1. The fraction of sp³-hybridized carbons (Fsp3) is 0.545. The maximum absolute atomic E-state index is 12.2. The van der Waals surface area contributed by atoms with E-state index in [1.807, 2.05) is 6.92 Å². The molecule has 5 nitrogen and oxygen atoms in total. The first kappa shape index (κ1) is 13.5. The van der Waals surface area contributed by atoms with Crippen LogP contribution in [-0.2, 0) is 10.0 Å². The van der Waals surface area contributed by atoms with Crippen LogP contribution in [0.3, 0.4) is 0 Å². The summed E-state index contributed by atoms with van der Waals surface area (Å²) in [5.41, 5.74) is -0.448. The first-order valence-corrected chi connectivity index (χ1v) is 8.05. The van der Waals surface area contributed by atoms with Crippen molar-refractivity contribution in [2.24, 2.45) is 0 Å². The van der Waals surface area contributed by atoms with Crippen molar-refractivity contribution in [3.8, 4) is 0 Å². The summed E-state index contributed by atoms with van der Waals surface area (Å²) in [5.74, 6) is -1.21. The minimum atomic E-state index is -3.75. The molecule has 0 aromatic carbocycles. The van der Waals surface area contributed by atoms with Crippen molar-refractivity contribution in [1.29, 1.82) is 0 Å². The van der Waals surface area contributed by atoms with E-state index in [-0.39, 0.29) is 9.77 Å². The Labute approximate surface area is 110 Å². The zero-order valence-corrected chi connectivity index (χ0v) is 11.6. The number of aromatic carboxylic acids is 1. The van der Waals surface area contributed by atoms with Gasteiger partial charge in [0.2, 0.25) is 10.0 Å². The van der Waals surface area contributed by atoms with Gasteiger partial charge in [0.1, 0.15) is 9.77 Å². The van der Waals surface area contributed by atoms with Crippen LogP contribution in [0, 0.1) is 0 Å². The highest BCUT2D eigenvalue weighted by molar-refractivity contribution is 7.89. The zero-order chi connectivity index (χ0) is 13.4. The first-order valence-electron chi connectivity index (χ1n) is 5.69. The smallest absolute Gasteiger partial charge is 0.347 e. The summed E-state index contributed by atoms with van der Waals surface area (Å²) < 4.78 is 27.1. The van der Waals surface area contributed by atoms with E-state index in [2.05, 4.69) is 4.72 Å². The second kappa shape index (κ2) is 4.64. The molecule has 0 radical (unpaired) electrons. The van der Waals surface area contributed by atoms with Crippen molar-refractivity contribution in [3.05, 3.63) is 16.3 Å². The lowest BCUT2D eigenvalue weighted by molar-refractivity contribution is 0.0698. The maximum Gasteiger partial charge on any atom is 0.347 e.